The fourth-order valence-electron chi connectivity index (χ4n) is 3.47. The lowest BCUT2D eigenvalue weighted by Gasteiger charge is -2.41. The van der Waals surface area contributed by atoms with Gasteiger partial charge in [0.1, 0.15) is 41.2 Å². The second-order valence-corrected chi connectivity index (χ2v) is 8.57. The van der Waals surface area contributed by atoms with Crippen LogP contribution in [0, 0.1) is 17.5 Å². The summed E-state index contributed by atoms with van der Waals surface area (Å²) < 4.78 is 47.2. The lowest BCUT2D eigenvalue weighted by atomic mass is 9.97. The highest BCUT2D eigenvalue weighted by molar-refractivity contribution is 7.99. The maximum Gasteiger partial charge on any atom is 0.267 e. The molecule has 2 aromatic heterocycles. The van der Waals surface area contributed by atoms with Gasteiger partial charge in [-0.2, -0.15) is 0 Å². The van der Waals surface area contributed by atoms with Crippen LogP contribution in [-0.4, -0.2) is 71.6 Å². The van der Waals surface area contributed by atoms with E-state index in [0.29, 0.717) is 4.90 Å². The Hall–Kier alpha value is -3.04. The fourth-order valence-corrected chi connectivity index (χ4v) is 4.49. The quantitative estimate of drug-likeness (QED) is 0.359. The third-order valence-corrected chi connectivity index (χ3v) is 6.32. The molecule has 14 heteroatoms. The van der Waals surface area contributed by atoms with Crippen LogP contribution in [0.2, 0.25) is 0 Å². The number of hydrogen-bond donors (Lipinski definition) is 4. The van der Waals surface area contributed by atoms with Crippen LogP contribution in [0.3, 0.4) is 0 Å². The van der Waals surface area contributed by atoms with Crippen molar-refractivity contribution in [3.05, 3.63) is 59.8 Å². The van der Waals surface area contributed by atoms with Gasteiger partial charge in [-0.1, -0.05) is 17.0 Å². The number of carbonyl (C=O) groups excluding carboxylic acids is 1. The monoisotopic (exact) mass is 497 g/mol. The molecular weight excluding hydrogens is 479 g/mol. The molecule has 0 spiro atoms. The molecule has 0 bridgehead atoms. The van der Waals surface area contributed by atoms with Crippen LogP contribution in [-0.2, 0) is 4.74 Å². The first-order valence-electron chi connectivity index (χ1n) is 9.81. The second kappa shape index (κ2) is 9.68. The van der Waals surface area contributed by atoms with Crippen molar-refractivity contribution >= 4 is 17.7 Å². The first-order valence-corrected chi connectivity index (χ1v) is 10.7. The molecule has 3 heterocycles. The Bertz CT molecular complexity index is 1170. The highest BCUT2D eigenvalue weighted by Gasteiger charge is 2.46. The van der Waals surface area contributed by atoms with Gasteiger partial charge in [0.25, 0.3) is 5.91 Å². The first-order chi connectivity index (χ1) is 16.2. The Balaban J connectivity index is 1.61. The Kier molecular flexibility index (Phi) is 6.86. The number of thioether (sulfide) groups is 1. The van der Waals surface area contributed by atoms with Gasteiger partial charge < -0.3 is 25.8 Å². The molecule has 5 N–H and O–H groups in total. The number of primary amides is 1. The minimum Gasteiger partial charge on any atom is -0.394 e. The van der Waals surface area contributed by atoms with E-state index in [4.69, 9.17) is 10.5 Å². The van der Waals surface area contributed by atoms with Crippen molar-refractivity contribution in [2.45, 2.75) is 34.7 Å². The van der Waals surface area contributed by atoms with Gasteiger partial charge in [-0.05, 0) is 24.3 Å². The fraction of sp³-hybridized carbons (Fsp3) is 0.300. The third kappa shape index (κ3) is 4.63. The molecule has 180 valence electrons. The van der Waals surface area contributed by atoms with E-state index < -0.39 is 59.8 Å². The number of nitrogens with two attached hydrogens (primary N) is 1. The third-order valence-electron chi connectivity index (χ3n) is 5.18. The summed E-state index contributed by atoms with van der Waals surface area (Å²) in [5.74, 6) is -5.17. The van der Waals surface area contributed by atoms with Crippen LogP contribution in [0.4, 0.5) is 13.2 Å². The molecule has 1 aromatic carbocycles. The topological polar surface area (TPSA) is 157 Å². The van der Waals surface area contributed by atoms with Crippen molar-refractivity contribution in [2.24, 2.45) is 5.73 Å². The van der Waals surface area contributed by atoms with Crippen LogP contribution < -0.4 is 5.73 Å². The van der Waals surface area contributed by atoms with Crippen molar-refractivity contribution in [1.82, 2.24) is 20.0 Å². The SMILES string of the molecule is NC(=O)c1ccc(S[C@H]2OC(CO)[C@H](O)C(n3cc(-c4cc(F)c(F)c(F)c4)nn3)C2O)cn1. The summed E-state index contributed by atoms with van der Waals surface area (Å²) in [4.78, 5) is 15.6. The van der Waals surface area contributed by atoms with E-state index in [-0.39, 0.29) is 17.0 Å². The van der Waals surface area contributed by atoms with Crippen molar-refractivity contribution in [3.63, 3.8) is 0 Å². The molecule has 1 fully saturated rings. The standard InChI is InChI=1S/C20H18F3N5O5S/c21-10-3-8(4-11(22)15(10)23)13-6-28(27-26-13)16-17(30)14(7-29)33-20(18(16)31)34-9-1-2-12(19(24)32)25-5-9/h1-6,14,16-18,20,29-31H,7H2,(H2,24,32)/t14?,16?,17-,18?,20+/m0/s1. The number of hydrogen-bond acceptors (Lipinski definition) is 9. The molecule has 1 saturated heterocycles. The van der Waals surface area contributed by atoms with Gasteiger partial charge in [0.05, 0.1) is 12.8 Å². The Morgan fingerprint density at radius 3 is 2.47 bits per heavy atom. The zero-order chi connectivity index (χ0) is 24.6. The molecule has 5 atom stereocenters. The molecule has 3 aromatic rings. The molecule has 0 saturated carbocycles. The van der Waals surface area contributed by atoms with Gasteiger partial charge in [-0.15, -0.1) is 5.10 Å². The molecule has 1 aliphatic rings. The number of aliphatic hydroxyl groups is 3. The van der Waals surface area contributed by atoms with Crippen LogP contribution in [0.25, 0.3) is 11.3 Å². The van der Waals surface area contributed by atoms with E-state index in [1.807, 2.05) is 0 Å². The molecule has 34 heavy (non-hydrogen) atoms. The number of rotatable bonds is 6. The smallest absolute Gasteiger partial charge is 0.267 e. The normalized spacial score (nSPS) is 24.8. The minimum absolute atomic E-state index is 0.0415. The van der Waals surface area contributed by atoms with Gasteiger partial charge in [0, 0.05) is 16.7 Å². The summed E-state index contributed by atoms with van der Waals surface area (Å²) in [7, 11) is 0. The summed E-state index contributed by atoms with van der Waals surface area (Å²) in [5, 5.41) is 38.9. The second-order valence-electron chi connectivity index (χ2n) is 7.40. The summed E-state index contributed by atoms with van der Waals surface area (Å²) >= 11 is 1.01. The highest BCUT2D eigenvalue weighted by Crippen LogP contribution is 2.38. The Morgan fingerprint density at radius 2 is 1.88 bits per heavy atom. The zero-order valence-electron chi connectivity index (χ0n) is 17.1. The average Bonchev–Trinajstić information content (AvgIpc) is 3.29. The van der Waals surface area contributed by atoms with E-state index in [0.717, 1.165) is 28.6 Å². The van der Waals surface area contributed by atoms with Gasteiger partial charge in [0.15, 0.2) is 17.5 Å². The number of pyridine rings is 1. The predicted molar refractivity (Wildman–Crippen MR) is 111 cm³/mol. The van der Waals surface area contributed by atoms with Gasteiger partial charge in [0.2, 0.25) is 0 Å². The minimum atomic E-state index is -1.63. The largest absolute Gasteiger partial charge is 0.394 e. The number of ether oxygens (including phenoxy) is 1. The van der Waals surface area contributed by atoms with Crippen LogP contribution in [0.5, 0.6) is 0 Å². The van der Waals surface area contributed by atoms with Gasteiger partial charge in [-0.25, -0.2) is 22.8 Å². The van der Waals surface area contributed by atoms with Crippen molar-refractivity contribution in [2.75, 3.05) is 6.61 Å². The molecule has 3 unspecified atom stereocenters. The average molecular weight is 497 g/mol. The van der Waals surface area contributed by atoms with Gasteiger partial charge >= 0.3 is 0 Å². The summed E-state index contributed by atoms with van der Waals surface area (Å²) in [6.07, 6.45) is -1.37. The number of halogens is 3. The predicted octanol–water partition coefficient (Wildman–Crippen LogP) is 0.629. The van der Waals surface area contributed by atoms with Crippen LogP contribution in [0.15, 0.2) is 41.6 Å². The summed E-state index contributed by atoms with van der Waals surface area (Å²) in [6.45, 7) is -0.587. The maximum atomic E-state index is 13.6. The Labute approximate surface area is 194 Å². The number of amides is 1. The summed E-state index contributed by atoms with van der Waals surface area (Å²) in [6, 6.07) is 3.23. The molecule has 4 rings (SSSR count). The first kappa shape index (κ1) is 24.1. The van der Waals surface area contributed by atoms with Crippen molar-refractivity contribution < 1.29 is 38.0 Å². The molecular formula is C20H18F3N5O5S. The highest BCUT2D eigenvalue weighted by atomic mass is 32.2. The van der Waals surface area contributed by atoms with Crippen molar-refractivity contribution in [3.8, 4) is 11.3 Å². The maximum absolute atomic E-state index is 13.6. The van der Waals surface area contributed by atoms with Crippen molar-refractivity contribution in [1.29, 1.82) is 0 Å². The van der Waals surface area contributed by atoms with E-state index in [9.17, 15) is 33.3 Å². The lowest BCUT2D eigenvalue weighted by Crippen LogP contribution is -2.55. The van der Waals surface area contributed by atoms with Crippen LogP contribution >= 0.6 is 11.8 Å². The van der Waals surface area contributed by atoms with Crippen LogP contribution in [0.1, 0.15) is 16.5 Å². The molecule has 0 radical (unpaired) electrons. The summed E-state index contributed by atoms with van der Waals surface area (Å²) in [5.41, 5.74) is 4.05. The molecule has 1 amide bonds. The van der Waals surface area contributed by atoms with Gasteiger partial charge in [-0.3, -0.25) is 4.79 Å². The Morgan fingerprint density at radius 1 is 1.18 bits per heavy atom. The number of aliphatic hydroxyl groups excluding tert-OH is 3. The molecule has 10 nitrogen and oxygen atoms in total. The molecule has 0 aliphatic carbocycles. The number of benzene rings is 1. The number of nitrogens with zero attached hydrogens (tertiary/aromatic N) is 4. The van der Waals surface area contributed by atoms with E-state index in [1.165, 1.54) is 24.5 Å². The van der Waals surface area contributed by atoms with E-state index in [2.05, 4.69) is 15.3 Å². The molecule has 1 aliphatic heterocycles. The number of carbonyl (C=O) groups is 1. The van der Waals surface area contributed by atoms with E-state index >= 15 is 0 Å². The lowest BCUT2D eigenvalue weighted by molar-refractivity contribution is -0.178. The van der Waals surface area contributed by atoms with E-state index in [1.54, 1.807) is 0 Å². The zero-order valence-corrected chi connectivity index (χ0v) is 17.9. The number of aromatic nitrogens is 4.